The molecule has 2 heteroatoms. The van der Waals surface area contributed by atoms with Crippen LogP contribution in [0.5, 0.6) is 0 Å². The average molecular weight is 285 g/mol. The van der Waals surface area contributed by atoms with E-state index in [2.05, 4.69) is 55.2 Å². The van der Waals surface area contributed by atoms with E-state index in [1.54, 1.807) is 20.8 Å². The second kappa shape index (κ2) is 7.94. The van der Waals surface area contributed by atoms with Crippen LogP contribution in [-0.2, 0) is 6.42 Å². The molecule has 0 fully saturated rings. The molecule has 0 aliphatic carbocycles. The van der Waals surface area contributed by atoms with E-state index in [0.29, 0.717) is 5.92 Å². The van der Waals surface area contributed by atoms with Crippen molar-refractivity contribution in [1.82, 2.24) is 4.98 Å². The van der Waals surface area contributed by atoms with Crippen molar-refractivity contribution in [2.24, 2.45) is 0 Å². The Hall–Kier alpha value is -1.67. The SMILES string of the molecule is CC(C)(C)O.Cc1ccc([C@H](C)Cc2ccncc2)cc1. The smallest absolute Gasteiger partial charge is 0.0563 e. The van der Waals surface area contributed by atoms with Crippen molar-refractivity contribution in [3.63, 3.8) is 0 Å². The van der Waals surface area contributed by atoms with Crippen LogP contribution in [0.2, 0.25) is 0 Å². The third-order valence-corrected chi connectivity index (χ3v) is 2.94. The predicted octanol–water partition coefficient (Wildman–Crippen LogP) is 4.51. The third-order valence-electron chi connectivity index (χ3n) is 2.94. The summed E-state index contributed by atoms with van der Waals surface area (Å²) in [7, 11) is 0. The number of aromatic nitrogens is 1. The van der Waals surface area contributed by atoms with E-state index in [4.69, 9.17) is 5.11 Å². The Bertz CT molecular complexity index is 506. The van der Waals surface area contributed by atoms with Crippen molar-refractivity contribution < 1.29 is 5.11 Å². The summed E-state index contributed by atoms with van der Waals surface area (Å²) in [6, 6.07) is 13.0. The minimum absolute atomic E-state index is 0.500. The molecule has 2 rings (SSSR count). The summed E-state index contributed by atoms with van der Waals surface area (Å²) >= 11 is 0. The number of aliphatic hydroxyl groups is 1. The van der Waals surface area contributed by atoms with Crippen LogP contribution < -0.4 is 0 Å². The van der Waals surface area contributed by atoms with Crippen molar-refractivity contribution in [2.45, 2.75) is 52.6 Å². The van der Waals surface area contributed by atoms with Gasteiger partial charge < -0.3 is 5.11 Å². The largest absolute Gasteiger partial charge is 0.391 e. The highest BCUT2D eigenvalue weighted by Crippen LogP contribution is 2.20. The van der Waals surface area contributed by atoms with Gasteiger partial charge in [-0.2, -0.15) is 0 Å². The zero-order valence-electron chi connectivity index (χ0n) is 13.8. The van der Waals surface area contributed by atoms with Gasteiger partial charge in [-0.05, 0) is 63.3 Å². The van der Waals surface area contributed by atoms with Gasteiger partial charge in [0.2, 0.25) is 0 Å². The van der Waals surface area contributed by atoms with Crippen LogP contribution in [0.15, 0.2) is 48.8 Å². The minimum atomic E-state index is -0.500. The number of rotatable bonds is 3. The van der Waals surface area contributed by atoms with Crippen LogP contribution in [0.25, 0.3) is 0 Å². The van der Waals surface area contributed by atoms with Crippen LogP contribution in [-0.4, -0.2) is 15.7 Å². The average Bonchev–Trinajstić information content (AvgIpc) is 2.38. The molecule has 0 aliphatic rings. The van der Waals surface area contributed by atoms with Gasteiger partial charge in [0.15, 0.2) is 0 Å². The zero-order valence-corrected chi connectivity index (χ0v) is 13.8. The second-order valence-corrected chi connectivity index (χ2v) is 6.54. The van der Waals surface area contributed by atoms with Gasteiger partial charge >= 0.3 is 0 Å². The fourth-order valence-corrected chi connectivity index (χ4v) is 1.89. The molecule has 114 valence electrons. The first-order valence-electron chi connectivity index (χ1n) is 7.43. The van der Waals surface area contributed by atoms with Gasteiger partial charge in [-0.1, -0.05) is 36.8 Å². The molecule has 1 N–H and O–H groups in total. The molecule has 0 spiro atoms. The summed E-state index contributed by atoms with van der Waals surface area (Å²) in [6.45, 7) is 9.62. The first kappa shape index (κ1) is 17.4. The van der Waals surface area contributed by atoms with Gasteiger partial charge in [-0.15, -0.1) is 0 Å². The second-order valence-electron chi connectivity index (χ2n) is 6.54. The fourth-order valence-electron chi connectivity index (χ4n) is 1.89. The summed E-state index contributed by atoms with van der Waals surface area (Å²) in [6.07, 6.45) is 4.79. The van der Waals surface area contributed by atoms with Crippen LogP contribution in [0.3, 0.4) is 0 Å². The van der Waals surface area contributed by atoms with E-state index >= 15 is 0 Å². The molecule has 2 nitrogen and oxygen atoms in total. The number of nitrogens with zero attached hydrogens (tertiary/aromatic N) is 1. The van der Waals surface area contributed by atoms with Crippen LogP contribution >= 0.6 is 0 Å². The maximum atomic E-state index is 8.52. The summed E-state index contributed by atoms with van der Waals surface area (Å²) in [5.41, 5.74) is 3.57. The molecule has 0 radical (unpaired) electrons. The molecule has 21 heavy (non-hydrogen) atoms. The molecule has 0 unspecified atom stereocenters. The van der Waals surface area contributed by atoms with Crippen molar-refractivity contribution in [3.8, 4) is 0 Å². The van der Waals surface area contributed by atoms with E-state index in [0.717, 1.165) is 6.42 Å². The quantitative estimate of drug-likeness (QED) is 0.900. The lowest BCUT2D eigenvalue weighted by Crippen LogP contribution is -2.10. The molecule has 1 atom stereocenters. The Kier molecular flexibility index (Phi) is 6.57. The van der Waals surface area contributed by atoms with Gasteiger partial charge in [0.05, 0.1) is 5.60 Å². The van der Waals surface area contributed by atoms with Crippen molar-refractivity contribution in [1.29, 1.82) is 0 Å². The Balaban J connectivity index is 0.000000383. The van der Waals surface area contributed by atoms with E-state index in [1.165, 1.54) is 16.7 Å². The zero-order chi connectivity index (χ0) is 15.9. The van der Waals surface area contributed by atoms with E-state index in [-0.39, 0.29) is 0 Å². The lowest BCUT2D eigenvalue weighted by molar-refractivity contribution is 0.102. The van der Waals surface area contributed by atoms with Gasteiger partial charge in [0.25, 0.3) is 0 Å². The van der Waals surface area contributed by atoms with Crippen LogP contribution in [0.4, 0.5) is 0 Å². The molecular formula is C19H27NO. The van der Waals surface area contributed by atoms with Crippen LogP contribution in [0.1, 0.15) is 50.3 Å². The summed E-state index contributed by atoms with van der Waals surface area (Å²) in [5, 5.41) is 8.52. The number of aryl methyl sites for hydroxylation is 1. The maximum absolute atomic E-state index is 8.52. The van der Waals surface area contributed by atoms with E-state index < -0.39 is 5.60 Å². The first-order valence-corrected chi connectivity index (χ1v) is 7.43. The normalized spacial score (nSPS) is 12.3. The molecule has 2 aromatic rings. The molecule has 1 aromatic carbocycles. The Morgan fingerprint density at radius 3 is 1.95 bits per heavy atom. The number of pyridine rings is 1. The van der Waals surface area contributed by atoms with Crippen LogP contribution in [0, 0.1) is 6.92 Å². The van der Waals surface area contributed by atoms with Gasteiger partial charge in [0, 0.05) is 12.4 Å². The lowest BCUT2D eigenvalue weighted by atomic mass is 9.94. The lowest BCUT2D eigenvalue weighted by Gasteiger charge is -2.12. The number of hydrogen-bond donors (Lipinski definition) is 1. The molecule has 0 aliphatic heterocycles. The summed E-state index contributed by atoms with van der Waals surface area (Å²) in [4.78, 5) is 4.04. The Morgan fingerprint density at radius 1 is 1.00 bits per heavy atom. The number of hydrogen-bond acceptors (Lipinski definition) is 2. The predicted molar refractivity (Wildman–Crippen MR) is 89.5 cm³/mol. The number of benzene rings is 1. The molecular weight excluding hydrogens is 258 g/mol. The van der Waals surface area contributed by atoms with E-state index in [1.807, 2.05) is 12.4 Å². The highest BCUT2D eigenvalue weighted by molar-refractivity contribution is 5.26. The highest BCUT2D eigenvalue weighted by atomic mass is 16.3. The highest BCUT2D eigenvalue weighted by Gasteiger charge is 2.05. The van der Waals surface area contributed by atoms with Gasteiger partial charge in [-0.25, -0.2) is 0 Å². The van der Waals surface area contributed by atoms with Crippen molar-refractivity contribution in [3.05, 3.63) is 65.5 Å². The molecule has 1 aromatic heterocycles. The topological polar surface area (TPSA) is 33.1 Å². The minimum Gasteiger partial charge on any atom is -0.391 e. The van der Waals surface area contributed by atoms with Crippen molar-refractivity contribution in [2.75, 3.05) is 0 Å². The first-order chi connectivity index (χ1) is 9.75. The Labute approximate surface area is 128 Å². The molecule has 0 bridgehead atoms. The standard InChI is InChI=1S/C15H17N.C4H10O/c1-12-3-5-15(6-4-12)13(2)11-14-7-9-16-10-8-14;1-4(2,3)5/h3-10,13H,11H2,1-2H3;5H,1-3H3/t13-;/m1./s1. The third kappa shape index (κ3) is 8.26. The maximum Gasteiger partial charge on any atom is 0.0563 e. The molecule has 1 heterocycles. The van der Waals surface area contributed by atoms with E-state index in [9.17, 15) is 0 Å². The monoisotopic (exact) mass is 285 g/mol. The fraction of sp³-hybridized carbons (Fsp3) is 0.421. The summed E-state index contributed by atoms with van der Waals surface area (Å²) < 4.78 is 0. The van der Waals surface area contributed by atoms with Gasteiger partial charge in [-0.3, -0.25) is 4.98 Å². The molecule has 0 amide bonds. The van der Waals surface area contributed by atoms with Gasteiger partial charge in [0.1, 0.15) is 0 Å². The molecule has 0 saturated carbocycles. The Morgan fingerprint density at radius 2 is 1.48 bits per heavy atom. The molecule has 0 saturated heterocycles. The summed E-state index contributed by atoms with van der Waals surface area (Å²) in [5.74, 6) is 0.558. The van der Waals surface area contributed by atoms with Crippen molar-refractivity contribution >= 4 is 0 Å².